The van der Waals surface area contributed by atoms with E-state index in [1.807, 2.05) is 0 Å². The minimum absolute atomic E-state index is 0.0342. The van der Waals surface area contributed by atoms with E-state index >= 15 is 0 Å². The highest BCUT2D eigenvalue weighted by atomic mass is 32.2. The fourth-order valence-electron chi connectivity index (χ4n) is 5.83. The number of unbranched alkanes of at least 4 members (excludes halogenated alkanes) is 13. The molecule has 1 unspecified atom stereocenters. The third kappa shape index (κ3) is 42.5. The smallest absolute Gasteiger partial charge is 0.326 e. The Hall–Kier alpha value is -3.46. The fourth-order valence-corrected chi connectivity index (χ4v) is 7.03. The summed E-state index contributed by atoms with van der Waals surface area (Å²) in [5.41, 5.74) is 0. The second-order valence-corrected chi connectivity index (χ2v) is 16.4. The zero-order valence-corrected chi connectivity index (χ0v) is 39.6. The lowest BCUT2D eigenvalue weighted by Crippen LogP contribution is -2.41. The van der Waals surface area contributed by atoms with Crippen molar-refractivity contribution in [1.82, 2.24) is 31.7 Å². The molecule has 0 aromatic rings. The maximum absolute atomic E-state index is 12.3. The molecule has 0 heterocycles. The number of aldehydes is 1. The number of thioether (sulfide) groups is 1. The number of amides is 5. The highest BCUT2D eigenvalue weighted by Crippen LogP contribution is 2.14. The maximum atomic E-state index is 12.3. The Balaban J connectivity index is 3.65. The fraction of sp³-hybridized carbons (Fsp3) is 0.810. The van der Waals surface area contributed by atoms with Crippen LogP contribution >= 0.6 is 21.2 Å². The van der Waals surface area contributed by atoms with Crippen LogP contribution in [-0.4, -0.2) is 161 Å². The quantitative estimate of drug-likeness (QED) is 0.0246. The average molecular weight is 953 g/mol. The van der Waals surface area contributed by atoms with Crippen molar-refractivity contribution in [3.05, 3.63) is 0 Å². The number of hydrogen-bond donors (Lipinski definition) is 8. The van der Waals surface area contributed by atoms with Crippen molar-refractivity contribution in [2.75, 3.05) is 90.5 Å². The SMILES string of the molecule is O=C[C@H](CSCC(=O)NCCNC(=O)COCCOCCNC(=O)COCCOCCNC(=O)CC[C@H](NC(=O)CCCCCCCCCCCCCCCCC(=O)O)C(=O)O)NP. The second kappa shape index (κ2) is 44.7. The summed E-state index contributed by atoms with van der Waals surface area (Å²) in [5.74, 6) is -2.80. The van der Waals surface area contributed by atoms with Gasteiger partial charge in [-0.25, -0.2) is 4.79 Å². The van der Waals surface area contributed by atoms with Gasteiger partial charge in [0.25, 0.3) is 0 Å². The lowest BCUT2D eigenvalue weighted by Gasteiger charge is -2.14. The molecule has 0 aliphatic heterocycles. The van der Waals surface area contributed by atoms with Crippen LogP contribution in [0.2, 0.25) is 0 Å². The summed E-state index contributed by atoms with van der Waals surface area (Å²) in [6.07, 6.45) is 16.2. The first-order valence-corrected chi connectivity index (χ1v) is 24.3. The van der Waals surface area contributed by atoms with E-state index in [-0.39, 0.29) is 146 Å². The second-order valence-electron chi connectivity index (χ2n) is 15.0. The van der Waals surface area contributed by atoms with E-state index in [0.717, 1.165) is 51.2 Å². The standard InChI is InChI=1S/C42H77N6O14PS/c49-29-34(48-63)32-64-33-40(54)44-20-19-43-38(52)30-61-27-26-60-24-22-46-39(53)31-62-28-25-59-23-21-45-36(50)18-17-35(42(57)58)47-37(51)15-13-11-9-7-5-3-1-2-4-6-8-10-12-14-16-41(55)56/h29,34-35,48H,1-28,30-33,63H2,(H,43,52)(H,44,54)(H,45,50)(H,46,53)(H,47,51)(H,55,56)(H,57,58)/t34-,35+/m1/s1. The highest BCUT2D eigenvalue weighted by Gasteiger charge is 2.21. The lowest BCUT2D eigenvalue weighted by atomic mass is 10.0. The molecule has 0 spiro atoms. The highest BCUT2D eigenvalue weighted by molar-refractivity contribution is 8.00. The first-order chi connectivity index (χ1) is 31.0. The van der Waals surface area contributed by atoms with Crippen molar-refractivity contribution in [2.24, 2.45) is 0 Å². The van der Waals surface area contributed by atoms with Gasteiger partial charge in [-0.15, -0.1) is 11.8 Å². The third-order valence-electron chi connectivity index (χ3n) is 9.36. The Labute approximate surface area is 385 Å². The van der Waals surface area contributed by atoms with Gasteiger partial charge in [0.1, 0.15) is 25.5 Å². The molecule has 370 valence electrons. The van der Waals surface area contributed by atoms with Crippen molar-refractivity contribution >= 4 is 68.9 Å². The van der Waals surface area contributed by atoms with E-state index in [2.05, 4.69) is 41.1 Å². The number of carboxylic acids is 2. The van der Waals surface area contributed by atoms with Gasteiger partial charge in [0.2, 0.25) is 29.5 Å². The number of carboxylic acid groups (broad SMARTS) is 2. The van der Waals surface area contributed by atoms with E-state index in [0.29, 0.717) is 12.2 Å². The summed E-state index contributed by atoms with van der Waals surface area (Å²) in [6, 6.07) is -1.48. The molecule has 22 heteroatoms. The normalized spacial score (nSPS) is 11.9. The van der Waals surface area contributed by atoms with Crippen LogP contribution in [0.5, 0.6) is 0 Å². The van der Waals surface area contributed by atoms with Crippen LogP contribution < -0.4 is 31.7 Å². The summed E-state index contributed by atoms with van der Waals surface area (Å²) in [7, 11) is 2.26. The molecular formula is C42H77N6O14PS. The van der Waals surface area contributed by atoms with Gasteiger partial charge >= 0.3 is 11.9 Å². The Morgan fingerprint density at radius 3 is 1.42 bits per heavy atom. The summed E-state index contributed by atoms with van der Waals surface area (Å²) < 4.78 is 21.3. The predicted octanol–water partition coefficient (Wildman–Crippen LogP) is 1.87. The molecule has 0 aliphatic carbocycles. The lowest BCUT2D eigenvalue weighted by molar-refractivity contribution is -0.142. The predicted molar refractivity (Wildman–Crippen MR) is 246 cm³/mol. The third-order valence-corrected chi connectivity index (χ3v) is 10.9. The molecule has 0 aliphatic rings. The Kier molecular flexibility index (Phi) is 42.3. The summed E-state index contributed by atoms with van der Waals surface area (Å²) >= 11 is 1.32. The number of carbonyl (C=O) groups excluding carboxylic acids is 6. The van der Waals surface area contributed by atoms with Crippen LogP contribution in [0.1, 0.15) is 116 Å². The number of nitrogens with one attached hydrogen (secondary N) is 6. The summed E-state index contributed by atoms with van der Waals surface area (Å²) in [5, 5.41) is 34.0. The Morgan fingerprint density at radius 2 is 0.953 bits per heavy atom. The van der Waals surface area contributed by atoms with Gasteiger partial charge in [-0.2, -0.15) is 0 Å². The van der Waals surface area contributed by atoms with Crippen molar-refractivity contribution in [3.8, 4) is 0 Å². The van der Waals surface area contributed by atoms with Gasteiger partial charge in [0.05, 0.1) is 51.4 Å². The molecule has 20 nitrogen and oxygen atoms in total. The van der Waals surface area contributed by atoms with E-state index < -0.39 is 18.0 Å². The summed E-state index contributed by atoms with van der Waals surface area (Å²) in [6.45, 7) is 1.77. The maximum Gasteiger partial charge on any atom is 0.326 e. The molecule has 64 heavy (non-hydrogen) atoms. The van der Waals surface area contributed by atoms with E-state index in [4.69, 9.17) is 24.1 Å². The zero-order chi connectivity index (χ0) is 47.3. The van der Waals surface area contributed by atoms with Crippen molar-refractivity contribution in [1.29, 1.82) is 0 Å². The van der Waals surface area contributed by atoms with Gasteiger partial charge < -0.3 is 60.5 Å². The number of carbonyl (C=O) groups is 8. The first-order valence-electron chi connectivity index (χ1n) is 22.6. The minimum atomic E-state index is -1.19. The topological polar surface area (TPSA) is 286 Å². The molecule has 0 radical (unpaired) electrons. The summed E-state index contributed by atoms with van der Waals surface area (Å²) in [4.78, 5) is 93.0. The zero-order valence-electron chi connectivity index (χ0n) is 37.6. The Morgan fingerprint density at radius 1 is 0.516 bits per heavy atom. The number of hydrogen-bond acceptors (Lipinski definition) is 14. The van der Waals surface area contributed by atoms with Crippen LogP contribution in [0.25, 0.3) is 0 Å². The van der Waals surface area contributed by atoms with Crippen molar-refractivity contribution in [3.63, 3.8) is 0 Å². The molecule has 0 aromatic carbocycles. The van der Waals surface area contributed by atoms with E-state index in [9.17, 15) is 43.5 Å². The molecule has 0 rings (SSSR count). The minimum Gasteiger partial charge on any atom is -0.481 e. The first kappa shape index (κ1) is 60.5. The molecule has 0 saturated heterocycles. The van der Waals surface area contributed by atoms with Crippen LogP contribution in [0, 0.1) is 0 Å². The van der Waals surface area contributed by atoms with Gasteiger partial charge in [-0.3, -0.25) is 33.9 Å². The monoisotopic (exact) mass is 952 g/mol. The molecule has 8 N–H and O–H groups in total. The Bertz CT molecular complexity index is 1290. The molecule has 0 aromatic heterocycles. The van der Waals surface area contributed by atoms with Gasteiger partial charge in [0, 0.05) is 51.2 Å². The largest absolute Gasteiger partial charge is 0.481 e. The van der Waals surface area contributed by atoms with E-state index in [1.165, 1.54) is 50.3 Å². The van der Waals surface area contributed by atoms with Crippen LogP contribution in [-0.2, 0) is 57.3 Å². The van der Waals surface area contributed by atoms with Crippen molar-refractivity contribution in [2.45, 2.75) is 128 Å². The van der Waals surface area contributed by atoms with E-state index in [1.54, 1.807) is 0 Å². The van der Waals surface area contributed by atoms with Gasteiger partial charge in [-0.05, 0) is 19.3 Å². The molecule has 0 fully saturated rings. The molecular weight excluding hydrogens is 876 g/mol. The van der Waals surface area contributed by atoms with Crippen LogP contribution in [0.15, 0.2) is 0 Å². The van der Waals surface area contributed by atoms with Crippen LogP contribution in [0.3, 0.4) is 0 Å². The molecule has 0 bridgehead atoms. The molecule has 3 atom stereocenters. The molecule has 0 saturated carbocycles. The number of aliphatic carboxylic acids is 2. The molecule has 5 amide bonds. The van der Waals surface area contributed by atoms with Crippen LogP contribution in [0.4, 0.5) is 0 Å². The number of rotatable bonds is 47. The van der Waals surface area contributed by atoms with Gasteiger partial charge in [0.15, 0.2) is 0 Å². The number of ether oxygens (including phenoxy) is 4. The van der Waals surface area contributed by atoms with Gasteiger partial charge in [-0.1, -0.05) is 86.4 Å². The average Bonchev–Trinajstić information content (AvgIpc) is 3.26. The van der Waals surface area contributed by atoms with Crippen molar-refractivity contribution < 1.29 is 67.5 Å².